The SMILES string of the molecule is CCCn1ncnc1CC(NCC)c1cn(C)cn1. The molecule has 2 aromatic rings. The first kappa shape index (κ1) is 13.7. The maximum Gasteiger partial charge on any atom is 0.138 e. The van der Waals surface area contributed by atoms with E-state index in [1.807, 2.05) is 28.8 Å². The molecule has 0 saturated heterocycles. The Hall–Kier alpha value is -1.69. The maximum absolute atomic E-state index is 4.43. The van der Waals surface area contributed by atoms with Gasteiger partial charge in [0.05, 0.1) is 18.1 Å². The van der Waals surface area contributed by atoms with Crippen molar-refractivity contribution in [1.82, 2.24) is 29.6 Å². The zero-order valence-corrected chi connectivity index (χ0v) is 11.9. The van der Waals surface area contributed by atoms with Crippen molar-refractivity contribution in [2.24, 2.45) is 7.05 Å². The van der Waals surface area contributed by atoms with Crippen molar-refractivity contribution in [1.29, 1.82) is 0 Å². The van der Waals surface area contributed by atoms with E-state index in [0.29, 0.717) is 0 Å². The minimum absolute atomic E-state index is 0.186. The van der Waals surface area contributed by atoms with Crippen LogP contribution < -0.4 is 5.32 Å². The summed E-state index contributed by atoms with van der Waals surface area (Å²) in [5.74, 6) is 1.01. The first-order chi connectivity index (χ1) is 9.24. The molecule has 6 nitrogen and oxygen atoms in total. The summed E-state index contributed by atoms with van der Waals surface area (Å²) >= 11 is 0. The highest BCUT2D eigenvalue weighted by molar-refractivity contribution is 5.07. The molecule has 0 aliphatic heterocycles. The van der Waals surface area contributed by atoms with Crippen molar-refractivity contribution in [3.8, 4) is 0 Å². The number of hydrogen-bond acceptors (Lipinski definition) is 4. The van der Waals surface area contributed by atoms with Gasteiger partial charge in [0.2, 0.25) is 0 Å². The molecule has 2 aromatic heterocycles. The fourth-order valence-corrected chi connectivity index (χ4v) is 2.17. The first-order valence-electron chi connectivity index (χ1n) is 6.82. The molecule has 2 heterocycles. The lowest BCUT2D eigenvalue weighted by molar-refractivity contribution is 0.492. The van der Waals surface area contributed by atoms with Crippen molar-refractivity contribution in [2.45, 2.75) is 39.3 Å². The second-order valence-corrected chi connectivity index (χ2v) is 4.68. The van der Waals surface area contributed by atoms with E-state index in [4.69, 9.17) is 0 Å². The van der Waals surface area contributed by atoms with Crippen LogP contribution in [0.3, 0.4) is 0 Å². The number of nitrogens with zero attached hydrogens (tertiary/aromatic N) is 5. The average Bonchev–Trinajstić information content (AvgIpc) is 2.99. The third-order valence-corrected chi connectivity index (χ3v) is 3.05. The van der Waals surface area contributed by atoms with Crippen molar-refractivity contribution in [3.63, 3.8) is 0 Å². The molecule has 1 atom stereocenters. The fraction of sp³-hybridized carbons (Fsp3) is 0.615. The number of aryl methyl sites for hydroxylation is 2. The monoisotopic (exact) mass is 262 g/mol. The maximum atomic E-state index is 4.43. The van der Waals surface area contributed by atoms with Gasteiger partial charge in [0.1, 0.15) is 12.2 Å². The Morgan fingerprint density at radius 2 is 2.16 bits per heavy atom. The minimum Gasteiger partial charge on any atom is -0.340 e. The molecule has 2 rings (SSSR count). The Morgan fingerprint density at radius 1 is 1.32 bits per heavy atom. The standard InChI is InChI=1S/C13H22N6/c1-4-6-19-13(15-9-17-19)7-11(14-5-2)12-8-18(3)10-16-12/h8-11,14H,4-7H2,1-3H3. The summed E-state index contributed by atoms with van der Waals surface area (Å²) in [6.45, 7) is 6.07. The molecular weight excluding hydrogens is 240 g/mol. The number of aromatic nitrogens is 5. The van der Waals surface area contributed by atoms with Gasteiger partial charge in [-0.15, -0.1) is 0 Å². The number of nitrogens with one attached hydrogen (secondary N) is 1. The summed E-state index contributed by atoms with van der Waals surface area (Å²) in [5.41, 5.74) is 1.05. The predicted molar refractivity (Wildman–Crippen MR) is 73.6 cm³/mol. The summed E-state index contributed by atoms with van der Waals surface area (Å²) in [6.07, 6.45) is 7.38. The van der Waals surface area contributed by atoms with Gasteiger partial charge in [-0.2, -0.15) is 5.10 Å². The third-order valence-electron chi connectivity index (χ3n) is 3.05. The molecule has 0 radical (unpaired) electrons. The van der Waals surface area contributed by atoms with Gasteiger partial charge in [-0.25, -0.2) is 9.97 Å². The molecule has 19 heavy (non-hydrogen) atoms. The molecule has 1 N–H and O–H groups in total. The van der Waals surface area contributed by atoms with Crippen LogP contribution in [0.4, 0.5) is 0 Å². The molecule has 6 heteroatoms. The summed E-state index contributed by atoms with van der Waals surface area (Å²) < 4.78 is 3.95. The minimum atomic E-state index is 0.186. The smallest absolute Gasteiger partial charge is 0.138 e. The Bertz CT molecular complexity index is 501. The second kappa shape index (κ2) is 6.47. The molecule has 0 aliphatic rings. The van der Waals surface area contributed by atoms with Gasteiger partial charge >= 0.3 is 0 Å². The van der Waals surface area contributed by atoms with Gasteiger partial charge in [0.15, 0.2) is 0 Å². The average molecular weight is 262 g/mol. The van der Waals surface area contributed by atoms with E-state index in [1.165, 1.54) is 0 Å². The van der Waals surface area contributed by atoms with Crippen LogP contribution in [0.1, 0.15) is 37.8 Å². The highest BCUT2D eigenvalue weighted by atomic mass is 15.3. The van der Waals surface area contributed by atoms with Gasteiger partial charge in [-0.3, -0.25) is 4.68 Å². The van der Waals surface area contributed by atoms with Crippen LogP contribution in [-0.2, 0) is 20.0 Å². The van der Waals surface area contributed by atoms with Gasteiger partial charge in [-0.05, 0) is 13.0 Å². The van der Waals surface area contributed by atoms with Crippen LogP contribution in [0.5, 0.6) is 0 Å². The van der Waals surface area contributed by atoms with E-state index in [1.54, 1.807) is 6.33 Å². The number of rotatable bonds is 7. The molecule has 0 spiro atoms. The molecule has 0 fully saturated rings. The van der Waals surface area contributed by atoms with E-state index in [2.05, 4.69) is 34.2 Å². The molecule has 104 valence electrons. The fourth-order valence-electron chi connectivity index (χ4n) is 2.17. The van der Waals surface area contributed by atoms with Gasteiger partial charge < -0.3 is 9.88 Å². The zero-order chi connectivity index (χ0) is 13.7. The van der Waals surface area contributed by atoms with E-state index >= 15 is 0 Å². The summed E-state index contributed by atoms with van der Waals surface area (Å²) in [4.78, 5) is 8.80. The third kappa shape index (κ3) is 3.41. The lowest BCUT2D eigenvalue weighted by Crippen LogP contribution is -2.25. The Morgan fingerprint density at radius 3 is 2.79 bits per heavy atom. The molecule has 0 aromatic carbocycles. The van der Waals surface area contributed by atoms with Gasteiger partial charge in [0, 0.05) is 26.2 Å². The van der Waals surface area contributed by atoms with Crippen LogP contribution in [0, 0.1) is 0 Å². The van der Waals surface area contributed by atoms with Crippen LogP contribution >= 0.6 is 0 Å². The second-order valence-electron chi connectivity index (χ2n) is 4.68. The highest BCUT2D eigenvalue weighted by Gasteiger charge is 2.17. The number of likely N-dealkylation sites (N-methyl/N-ethyl adjacent to an activating group) is 1. The highest BCUT2D eigenvalue weighted by Crippen LogP contribution is 2.15. The Labute approximate surface area is 113 Å². The lowest BCUT2D eigenvalue weighted by atomic mass is 10.1. The number of imidazole rings is 1. The van der Waals surface area contributed by atoms with Crippen LogP contribution in [-0.4, -0.2) is 30.9 Å². The van der Waals surface area contributed by atoms with Crippen molar-refractivity contribution >= 4 is 0 Å². The van der Waals surface area contributed by atoms with Crippen LogP contribution in [0.25, 0.3) is 0 Å². The van der Waals surface area contributed by atoms with Crippen LogP contribution in [0.2, 0.25) is 0 Å². The molecule has 0 aliphatic carbocycles. The van der Waals surface area contributed by atoms with Crippen molar-refractivity contribution in [3.05, 3.63) is 30.4 Å². The zero-order valence-electron chi connectivity index (χ0n) is 11.9. The van der Waals surface area contributed by atoms with Gasteiger partial charge in [-0.1, -0.05) is 13.8 Å². The quantitative estimate of drug-likeness (QED) is 0.817. The Kier molecular flexibility index (Phi) is 4.68. The van der Waals surface area contributed by atoms with Gasteiger partial charge in [0.25, 0.3) is 0 Å². The molecule has 0 amide bonds. The topological polar surface area (TPSA) is 60.6 Å². The van der Waals surface area contributed by atoms with E-state index in [-0.39, 0.29) is 6.04 Å². The van der Waals surface area contributed by atoms with E-state index < -0.39 is 0 Å². The summed E-state index contributed by atoms with van der Waals surface area (Å²) in [6, 6.07) is 0.186. The Balaban J connectivity index is 2.14. The van der Waals surface area contributed by atoms with Crippen molar-refractivity contribution < 1.29 is 0 Å². The molecule has 0 bridgehead atoms. The number of hydrogen-bond donors (Lipinski definition) is 1. The molecule has 1 unspecified atom stereocenters. The first-order valence-corrected chi connectivity index (χ1v) is 6.82. The summed E-state index contributed by atoms with van der Waals surface area (Å²) in [7, 11) is 1.99. The van der Waals surface area contributed by atoms with Crippen LogP contribution in [0.15, 0.2) is 18.9 Å². The predicted octanol–water partition coefficient (Wildman–Crippen LogP) is 1.31. The van der Waals surface area contributed by atoms with E-state index in [0.717, 1.165) is 37.4 Å². The summed E-state index contributed by atoms with van der Waals surface area (Å²) in [5, 5.41) is 7.73. The van der Waals surface area contributed by atoms with Crippen molar-refractivity contribution in [2.75, 3.05) is 6.54 Å². The largest absolute Gasteiger partial charge is 0.340 e. The van der Waals surface area contributed by atoms with E-state index in [9.17, 15) is 0 Å². The molecular formula is C13H22N6. The lowest BCUT2D eigenvalue weighted by Gasteiger charge is -2.15. The molecule has 0 saturated carbocycles. The normalized spacial score (nSPS) is 12.8.